The molecule has 2 amide bonds. The van der Waals surface area contributed by atoms with Crippen LogP contribution in [-0.4, -0.2) is 31.3 Å². The number of urea groups is 1. The van der Waals surface area contributed by atoms with E-state index in [1.807, 2.05) is 39.0 Å². The third-order valence-corrected chi connectivity index (χ3v) is 4.39. The molecule has 0 spiro atoms. The SMILES string of the molecule is CCCCC1=C(C(=O)OCC)C(c2ccc(OC(C)C)c(OCC)c2)NC(=O)N1. The quantitative estimate of drug-likeness (QED) is 0.570. The van der Waals surface area contributed by atoms with Gasteiger partial charge in [0.15, 0.2) is 11.5 Å². The van der Waals surface area contributed by atoms with Crippen molar-refractivity contribution in [3.8, 4) is 11.5 Å². The highest BCUT2D eigenvalue weighted by Gasteiger charge is 2.34. The van der Waals surface area contributed by atoms with Crippen molar-refractivity contribution in [3.05, 3.63) is 35.0 Å². The van der Waals surface area contributed by atoms with Crippen LogP contribution in [0.25, 0.3) is 0 Å². The summed E-state index contributed by atoms with van der Waals surface area (Å²) in [7, 11) is 0. The number of amides is 2. The fourth-order valence-electron chi connectivity index (χ4n) is 3.19. The second-order valence-electron chi connectivity index (χ2n) is 7.05. The summed E-state index contributed by atoms with van der Waals surface area (Å²) in [6, 6.07) is 4.50. The molecule has 0 bridgehead atoms. The van der Waals surface area contributed by atoms with Gasteiger partial charge in [-0.15, -0.1) is 0 Å². The molecule has 1 atom stereocenters. The van der Waals surface area contributed by atoms with E-state index in [2.05, 4.69) is 17.6 Å². The van der Waals surface area contributed by atoms with Crippen LogP contribution < -0.4 is 20.1 Å². The summed E-state index contributed by atoms with van der Waals surface area (Å²) in [5, 5.41) is 5.64. The van der Waals surface area contributed by atoms with Crippen molar-refractivity contribution in [2.45, 2.75) is 66.0 Å². The number of ether oxygens (including phenoxy) is 3. The van der Waals surface area contributed by atoms with E-state index in [-0.39, 0.29) is 18.7 Å². The first-order valence-electron chi connectivity index (χ1n) is 10.3. The summed E-state index contributed by atoms with van der Waals surface area (Å²) in [6.45, 7) is 10.3. The average Bonchev–Trinajstić information content (AvgIpc) is 2.67. The van der Waals surface area contributed by atoms with E-state index in [1.54, 1.807) is 6.92 Å². The summed E-state index contributed by atoms with van der Waals surface area (Å²) in [5.41, 5.74) is 1.77. The molecule has 2 N–H and O–H groups in total. The van der Waals surface area contributed by atoms with E-state index in [1.165, 1.54) is 0 Å². The summed E-state index contributed by atoms with van der Waals surface area (Å²) < 4.78 is 16.9. The summed E-state index contributed by atoms with van der Waals surface area (Å²) in [5.74, 6) is 0.764. The van der Waals surface area contributed by atoms with Crippen molar-refractivity contribution in [1.29, 1.82) is 0 Å². The molecule has 0 saturated heterocycles. The van der Waals surface area contributed by atoms with Gasteiger partial charge in [0.2, 0.25) is 0 Å². The molecule has 1 unspecified atom stereocenters. The van der Waals surface area contributed by atoms with Gasteiger partial charge in [-0.3, -0.25) is 0 Å². The Labute approximate surface area is 172 Å². The number of nitrogens with one attached hydrogen (secondary N) is 2. The Morgan fingerprint density at radius 1 is 1.14 bits per heavy atom. The second-order valence-corrected chi connectivity index (χ2v) is 7.05. The first kappa shape index (κ1) is 22.6. The molecule has 7 heteroatoms. The predicted molar refractivity (Wildman–Crippen MR) is 111 cm³/mol. The van der Waals surface area contributed by atoms with Crippen molar-refractivity contribution in [1.82, 2.24) is 10.6 Å². The Hall–Kier alpha value is -2.70. The van der Waals surface area contributed by atoms with Gasteiger partial charge in [-0.1, -0.05) is 19.4 Å². The van der Waals surface area contributed by atoms with Crippen molar-refractivity contribution in [2.24, 2.45) is 0 Å². The zero-order valence-corrected chi connectivity index (χ0v) is 18.0. The molecule has 0 fully saturated rings. The molecular formula is C22H32N2O5. The van der Waals surface area contributed by atoms with Crippen LogP contribution in [-0.2, 0) is 9.53 Å². The lowest BCUT2D eigenvalue weighted by atomic mass is 9.93. The fourth-order valence-corrected chi connectivity index (χ4v) is 3.19. The topological polar surface area (TPSA) is 85.9 Å². The Morgan fingerprint density at radius 2 is 1.90 bits per heavy atom. The van der Waals surface area contributed by atoms with Gasteiger partial charge in [-0.2, -0.15) is 0 Å². The first-order chi connectivity index (χ1) is 13.9. The zero-order chi connectivity index (χ0) is 21.4. The third kappa shape index (κ3) is 5.89. The van der Waals surface area contributed by atoms with E-state index in [9.17, 15) is 9.59 Å². The number of allylic oxidation sites excluding steroid dienone is 1. The molecule has 0 aliphatic carbocycles. The number of carbonyl (C=O) groups is 2. The van der Waals surface area contributed by atoms with Crippen molar-refractivity contribution < 1.29 is 23.8 Å². The monoisotopic (exact) mass is 404 g/mol. The Balaban J connectivity index is 2.51. The van der Waals surface area contributed by atoms with Crippen LogP contribution in [0.3, 0.4) is 0 Å². The standard InChI is InChI=1S/C22H32N2O5/c1-6-9-10-16-19(21(25)28-8-3)20(24-22(26)23-16)15-11-12-17(29-14(4)5)18(13-15)27-7-2/h11-14,20H,6-10H2,1-5H3,(H2,23,24,26). The number of esters is 1. The molecule has 1 aromatic carbocycles. The highest BCUT2D eigenvalue weighted by atomic mass is 16.5. The van der Waals surface area contributed by atoms with E-state index in [4.69, 9.17) is 14.2 Å². The minimum Gasteiger partial charge on any atom is -0.490 e. The molecule has 1 heterocycles. The first-order valence-corrected chi connectivity index (χ1v) is 10.3. The molecule has 29 heavy (non-hydrogen) atoms. The Bertz CT molecular complexity index is 758. The largest absolute Gasteiger partial charge is 0.490 e. The van der Waals surface area contributed by atoms with Crippen molar-refractivity contribution in [2.75, 3.05) is 13.2 Å². The van der Waals surface area contributed by atoms with Crippen LogP contribution in [0.5, 0.6) is 11.5 Å². The smallest absolute Gasteiger partial charge is 0.338 e. The highest BCUT2D eigenvalue weighted by molar-refractivity contribution is 5.95. The normalized spacial score (nSPS) is 16.3. The van der Waals surface area contributed by atoms with E-state index >= 15 is 0 Å². The summed E-state index contributed by atoms with van der Waals surface area (Å²) in [6.07, 6.45) is 2.40. The van der Waals surface area contributed by atoms with Gasteiger partial charge < -0.3 is 24.8 Å². The zero-order valence-electron chi connectivity index (χ0n) is 18.0. The number of hydrogen-bond acceptors (Lipinski definition) is 5. The van der Waals surface area contributed by atoms with Crippen molar-refractivity contribution >= 4 is 12.0 Å². The lowest BCUT2D eigenvalue weighted by Crippen LogP contribution is -2.46. The average molecular weight is 405 g/mol. The number of rotatable bonds is 10. The molecule has 160 valence electrons. The maximum atomic E-state index is 12.8. The van der Waals surface area contributed by atoms with Gasteiger partial charge in [-0.25, -0.2) is 9.59 Å². The number of benzene rings is 1. The van der Waals surface area contributed by atoms with Gasteiger partial charge in [0.05, 0.1) is 30.9 Å². The predicted octanol–water partition coefficient (Wildman–Crippen LogP) is 4.23. The fraction of sp³-hybridized carbons (Fsp3) is 0.545. The molecule has 1 aromatic rings. The van der Waals surface area contributed by atoms with Gasteiger partial charge in [-0.05, 0) is 58.2 Å². The second kappa shape index (κ2) is 10.7. The third-order valence-electron chi connectivity index (χ3n) is 4.39. The summed E-state index contributed by atoms with van der Waals surface area (Å²) in [4.78, 5) is 25.1. The molecule has 0 radical (unpaired) electrons. The molecule has 7 nitrogen and oxygen atoms in total. The molecule has 2 rings (SSSR count). The number of carbonyl (C=O) groups excluding carboxylic acids is 2. The Kier molecular flexibility index (Phi) is 8.36. The van der Waals surface area contributed by atoms with Crippen LogP contribution in [0.2, 0.25) is 0 Å². The Morgan fingerprint density at radius 3 is 2.52 bits per heavy atom. The molecule has 1 aliphatic heterocycles. The van der Waals surface area contributed by atoms with Crippen LogP contribution in [0.1, 0.15) is 65.5 Å². The maximum absolute atomic E-state index is 12.8. The van der Waals surface area contributed by atoms with Gasteiger partial charge in [0.25, 0.3) is 0 Å². The van der Waals surface area contributed by atoms with Crippen LogP contribution in [0.4, 0.5) is 4.79 Å². The van der Waals surface area contributed by atoms with Gasteiger partial charge in [0, 0.05) is 5.70 Å². The molecule has 0 aromatic heterocycles. The van der Waals surface area contributed by atoms with E-state index in [0.717, 1.165) is 18.4 Å². The van der Waals surface area contributed by atoms with Crippen LogP contribution in [0.15, 0.2) is 29.5 Å². The van der Waals surface area contributed by atoms with Crippen molar-refractivity contribution in [3.63, 3.8) is 0 Å². The van der Waals surface area contributed by atoms with E-state index in [0.29, 0.717) is 35.8 Å². The summed E-state index contributed by atoms with van der Waals surface area (Å²) >= 11 is 0. The van der Waals surface area contributed by atoms with Gasteiger partial charge >= 0.3 is 12.0 Å². The number of hydrogen-bond donors (Lipinski definition) is 2. The maximum Gasteiger partial charge on any atom is 0.338 e. The lowest BCUT2D eigenvalue weighted by Gasteiger charge is -2.30. The van der Waals surface area contributed by atoms with Crippen LogP contribution >= 0.6 is 0 Å². The number of unbranched alkanes of at least 4 members (excludes halogenated alkanes) is 1. The minimum atomic E-state index is -0.623. The molecule has 1 aliphatic rings. The van der Waals surface area contributed by atoms with Crippen LogP contribution in [0, 0.1) is 0 Å². The minimum absolute atomic E-state index is 0.00530. The highest BCUT2D eigenvalue weighted by Crippen LogP contribution is 2.36. The lowest BCUT2D eigenvalue weighted by molar-refractivity contribution is -0.139. The molecular weight excluding hydrogens is 372 g/mol. The van der Waals surface area contributed by atoms with Gasteiger partial charge in [0.1, 0.15) is 0 Å². The van der Waals surface area contributed by atoms with E-state index < -0.39 is 12.0 Å². The molecule has 0 saturated carbocycles.